The third-order valence-corrected chi connectivity index (χ3v) is 3.96. The Morgan fingerprint density at radius 2 is 2.19 bits per heavy atom. The predicted molar refractivity (Wildman–Crippen MR) is 66.6 cm³/mol. The van der Waals surface area contributed by atoms with Crippen LogP contribution in [0.25, 0.3) is 0 Å². The Kier molecular flexibility index (Phi) is 4.22. The smallest absolute Gasteiger partial charge is 0.0621 e. The van der Waals surface area contributed by atoms with Gasteiger partial charge in [0.1, 0.15) is 0 Å². The van der Waals surface area contributed by atoms with Gasteiger partial charge in [-0.15, -0.1) is 0 Å². The lowest BCUT2D eigenvalue weighted by Crippen LogP contribution is -2.61. The molecule has 1 N–H and O–H groups in total. The van der Waals surface area contributed by atoms with Gasteiger partial charge in [-0.1, -0.05) is 13.8 Å². The van der Waals surface area contributed by atoms with Gasteiger partial charge in [0.05, 0.1) is 6.61 Å². The summed E-state index contributed by atoms with van der Waals surface area (Å²) in [7, 11) is 0. The van der Waals surface area contributed by atoms with Crippen molar-refractivity contribution in [2.24, 2.45) is 5.92 Å². The summed E-state index contributed by atoms with van der Waals surface area (Å²) in [6, 6.07) is 1.96. The molecule has 0 radical (unpaired) electrons. The molecule has 0 spiro atoms. The molecule has 0 aromatic heterocycles. The van der Waals surface area contributed by atoms with Crippen LogP contribution < -0.4 is 5.32 Å². The summed E-state index contributed by atoms with van der Waals surface area (Å²) in [6.45, 7) is 11.2. The second-order valence-corrected chi connectivity index (χ2v) is 5.69. The van der Waals surface area contributed by atoms with Gasteiger partial charge in [0, 0.05) is 37.8 Å². The fraction of sp³-hybridized carbons (Fsp3) is 1.00. The van der Waals surface area contributed by atoms with Gasteiger partial charge in [-0.05, 0) is 25.7 Å². The Bertz CT molecular complexity index is 214. The van der Waals surface area contributed by atoms with Crippen molar-refractivity contribution in [2.45, 2.75) is 51.7 Å². The van der Waals surface area contributed by atoms with E-state index in [1.54, 1.807) is 0 Å². The molecular weight excluding hydrogens is 200 g/mol. The zero-order valence-corrected chi connectivity index (χ0v) is 10.9. The molecule has 0 aromatic carbocycles. The van der Waals surface area contributed by atoms with E-state index in [1.165, 1.54) is 19.4 Å². The molecule has 2 heterocycles. The van der Waals surface area contributed by atoms with Crippen LogP contribution in [0.4, 0.5) is 0 Å². The van der Waals surface area contributed by atoms with Gasteiger partial charge in [-0.25, -0.2) is 0 Å². The Morgan fingerprint density at radius 1 is 1.38 bits per heavy atom. The maximum atomic E-state index is 5.64. The van der Waals surface area contributed by atoms with Crippen molar-refractivity contribution < 1.29 is 4.74 Å². The molecule has 0 aliphatic carbocycles. The summed E-state index contributed by atoms with van der Waals surface area (Å²) in [6.07, 6.45) is 2.55. The normalized spacial score (nSPS) is 37.9. The summed E-state index contributed by atoms with van der Waals surface area (Å²) in [5.74, 6) is 0.724. The van der Waals surface area contributed by atoms with E-state index in [-0.39, 0.29) is 0 Å². The molecule has 2 aliphatic rings. The van der Waals surface area contributed by atoms with Gasteiger partial charge < -0.3 is 10.1 Å². The molecule has 2 aliphatic heterocycles. The number of piperazine rings is 1. The van der Waals surface area contributed by atoms with Crippen LogP contribution in [0.3, 0.4) is 0 Å². The summed E-state index contributed by atoms with van der Waals surface area (Å²) >= 11 is 0. The Morgan fingerprint density at radius 3 is 2.81 bits per heavy atom. The van der Waals surface area contributed by atoms with Crippen LogP contribution in [0, 0.1) is 5.92 Å². The Hall–Kier alpha value is -0.120. The third kappa shape index (κ3) is 2.76. The highest BCUT2D eigenvalue weighted by molar-refractivity contribution is 4.90. The molecule has 2 rings (SSSR count). The average Bonchev–Trinajstić information content (AvgIpc) is 2.29. The fourth-order valence-corrected chi connectivity index (χ4v) is 2.98. The van der Waals surface area contributed by atoms with Crippen LogP contribution >= 0.6 is 0 Å². The lowest BCUT2D eigenvalue weighted by atomic mass is 9.95. The summed E-state index contributed by atoms with van der Waals surface area (Å²) in [4.78, 5) is 2.70. The van der Waals surface area contributed by atoms with Crippen molar-refractivity contribution in [1.82, 2.24) is 10.2 Å². The van der Waals surface area contributed by atoms with Gasteiger partial charge in [0.25, 0.3) is 0 Å². The summed E-state index contributed by atoms with van der Waals surface area (Å²) in [5.41, 5.74) is 0. The summed E-state index contributed by atoms with van der Waals surface area (Å²) < 4.78 is 5.64. The molecule has 3 nitrogen and oxygen atoms in total. The van der Waals surface area contributed by atoms with E-state index >= 15 is 0 Å². The fourth-order valence-electron chi connectivity index (χ4n) is 2.98. The van der Waals surface area contributed by atoms with Gasteiger partial charge in [0.2, 0.25) is 0 Å². The van der Waals surface area contributed by atoms with Crippen LogP contribution in [-0.4, -0.2) is 49.3 Å². The minimum Gasteiger partial charge on any atom is -0.380 e. The lowest BCUT2D eigenvalue weighted by molar-refractivity contribution is -0.0240. The molecule has 0 bridgehead atoms. The van der Waals surface area contributed by atoms with Gasteiger partial charge in [0.15, 0.2) is 0 Å². The largest absolute Gasteiger partial charge is 0.380 e. The van der Waals surface area contributed by atoms with Crippen LogP contribution in [0.1, 0.15) is 33.6 Å². The van der Waals surface area contributed by atoms with Gasteiger partial charge in [-0.3, -0.25) is 4.90 Å². The highest BCUT2D eigenvalue weighted by Gasteiger charge is 2.33. The lowest BCUT2D eigenvalue weighted by Gasteiger charge is -2.46. The standard InChI is InChI=1S/C13H26N2O/c1-10(2)13-7-14-11(3)8-15(13)12-5-4-6-16-9-12/h10-14H,4-9H2,1-3H3. The first kappa shape index (κ1) is 12.3. The molecule has 3 atom stereocenters. The van der Waals surface area contributed by atoms with Crippen LogP contribution in [-0.2, 0) is 4.74 Å². The summed E-state index contributed by atoms with van der Waals surface area (Å²) in [5, 5.41) is 3.60. The third-order valence-electron chi connectivity index (χ3n) is 3.96. The first-order valence-electron chi connectivity index (χ1n) is 6.75. The second kappa shape index (κ2) is 5.48. The molecule has 0 saturated carbocycles. The van der Waals surface area contributed by atoms with Crippen molar-refractivity contribution in [3.05, 3.63) is 0 Å². The molecule has 2 saturated heterocycles. The van der Waals surface area contributed by atoms with E-state index in [2.05, 4.69) is 31.0 Å². The molecule has 3 heteroatoms. The van der Waals surface area contributed by atoms with E-state index in [0.29, 0.717) is 18.1 Å². The minimum atomic E-state index is 0.622. The Labute approximate surface area is 99.5 Å². The van der Waals surface area contributed by atoms with E-state index in [0.717, 1.165) is 25.7 Å². The van der Waals surface area contributed by atoms with E-state index in [9.17, 15) is 0 Å². The molecule has 3 unspecified atom stereocenters. The topological polar surface area (TPSA) is 24.5 Å². The maximum absolute atomic E-state index is 5.64. The monoisotopic (exact) mass is 226 g/mol. The number of nitrogens with zero attached hydrogens (tertiary/aromatic N) is 1. The number of rotatable bonds is 2. The first-order valence-corrected chi connectivity index (χ1v) is 6.75. The van der Waals surface area contributed by atoms with Crippen LogP contribution in [0.2, 0.25) is 0 Å². The van der Waals surface area contributed by atoms with Gasteiger partial charge >= 0.3 is 0 Å². The van der Waals surface area contributed by atoms with Crippen LogP contribution in [0.5, 0.6) is 0 Å². The van der Waals surface area contributed by atoms with Crippen molar-refractivity contribution >= 4 is 0 Å². The number of ether oxygens (including phenoxy) is 1. The zero-order valence-electron chi connectivity index (χ0n) is 10.9. The molecule has 0 amide bonds. The number of nitrogens with one attached hydrogen (secondary N) is 1. The molecule has 94 valence electrons. The van der Waals surface area contributed by atoms with E-state index in [1.807, 2.05) is 0 Å². The van der Waals surface area contributed by atoms with Crippen molar-refractivity contribution in [1.29, 1.82) is 0 Å². The highest BCUT2D eigenvalue weighted by Crippen LogP contribution is 2.22. The minimum absolute atomic E-state index is 0.622. The first-order chi connectivity index (χ1) is 7.68. The molecule has 0 aromatic rings. The SMILES string of the molecule is CC1CN(C2CCCOC2)C(C(C)C)CN1. The second-order valence-electron chi connectivity index (χ2n) is 5.69. The predicted octanol–water partition coefficient (Wildman–Crippen LogP) is 1.48. The van der Waals surface area contributed by atoms with Crippen molar-refractivity contribution in [3.8, 4) is 0 Å². The molecular formula is C13H26N2O. The number of hydrogen-bond donors (Lipinski definition) is 1. The molecule has 2 fully saturated rings. The zero-order chi connectivity index (χ0) is 11.5. The average molecular weight is 226 g/mol. The number of hydrogen-bond acceptors (Lipinski definition) is 3. The van der Waals surface area contributed by atoms with Crippen molar-refractivity contribution in [2.75, 3.05) is 26.3 Å². The Balaban J connectivity index is 2.00. The maximum Gasteiger partial charge on any atom is 0.0621 e. The van der Waals surface area contributed by atoms with Crippen molar-refractivity contribution in [3.63, 3.8) is 0 Å². The van der Waals surface area contributed by atoms with E-state index < -0.39 is 0 Å². The quantitative estimate of drug-likeness (QED) is 0.772. The van der Waals surface area contributed by atoms with E-state index in [4.69, 9.17) is 4.74 Å². The van der Waals surface area contributed by atoms with Gasteiger partial charge in [-0.2, -0.15) is 0 Å². The molecule has 16 heavy (non-hydrogen) atoms. The van der Waals surface area contributed by atoms with Crippen LogP contribution in [0.15, 0.2) is 0 Å². The highest BCUT2D eigenvalue weighted by atomic mass is 16.5.